The molecule has 124 valence electrons. The Bertz CT molecular complexity index is 1300. The van der Waals surface area contributed by atoms with Crippen LogP contribution in [0.15, 0.2) is 79.0 Å². The van der Waals surface area contributed by atoms with Gasteiger partial charge in [0.2, 0.25) is 0 Å². The summed E-state index contributed by atoms with van der Waals surface area (Å²) >= 11 is 0. The minimum Gasteiger partial charge on any atom is -0.226 e. The van der Waals surface area contributed by atoms with Crippen molar-refractivity contribution < 1.29 is 4.57 Å². The minimum atomic E-state index is 0.996. The highest BCUT2D eigenvalue weighted by atomic mass is 15.0. The van der Waals surface area contributed by atoms with Gasteiger partial charge >= 0.3 is 5.82 Å². The van der Waals surface area contributed by atoms with E-state index < -0.39 is 0 Å². The SMILES string of the molecule is Cc1cc2ccc3ccccc3c2cc1-c1ncc2ccccc2[n+]1C. The Kier molecular flexibility index (Phi) is 3.26. The Morgan fingerprint density at radius 1 is 0.731 bits per heavy atom. The van der Waals surface area contributed by atoms with Gasteiger partial charge in [-0.2, -0.15) is 0 Å². The molecule has 0 saturated carbocycles. The largest absolute Gasteiger partial charge is 0.330 e. The van der Waals surface area contributed by atoms with E-state index in [2.05, 4.69) is 91.3 Å². The first-order chi connectivity index (χ1) is 12.7. The topological polar surface area (TPSA) is 16.8 Å². The second-order valence-corrected chi connectivity index (χ2v) is 6.87. The van der Waals surface area contributed by atoms with Gasteiger partial charge < -0.3 is 0 Å². The van der Waals surface area contributed by atoms with Gasteiger partial charge in [-0.15, -0.1) is 0 Å². The summed E-state index contributed by atoms with van der Waals surface area (Å²) in [5.74, 6) is 0.996. The van der Waals surface area contributed by atoms with Crippen molar-refractivity contribution in [2.45, 2.75) is 6.92 Å². The van der Waals surface area contributed by atoms with Crippen molar-refractivity contribution in [3.05, 3.63) is 84.6 Å². The van der Waals surface area contributed by atoms with Gasteiger partial charge in [0.15, 0.2) is 6.20 Å². The lowest BCUT2D eigenvalue weighted by Crippen LogP contribution is -2.33. The third-order valence-corrected chi connectivity index (χ3v) is 5.27. The summed E-state index contributed by atoms with van der Waals surface area (Å²) in [5, 5.41) is 6.26. The molecule has 0 spiro atoms. The van der Waals surface area contributed by atoms with Crippen molar-refractivity contribution in [1.82, 2.24) is 4.98 Å². The number of para-hydroxylation sites is 1. The number of aryl methyl sites for hydroxylation is 2. The first-order valence-corrected chi connectivity index (χ1v) is 8.88. The first kappa shape index (κ1) is 15.0. The molecular formula is C24H19N2+. The van der Waals surface area contributed by atoms with Crippen LogP contribution in [-0.4, -0.2) is 4.98 Å². The molecule has 2 nitrogen and oxygen atoms in total. The fraction of sp³-hybridized carbons (Fsp3) is 0.0833. The van der Waals surface area contributed by atoms with Gasteiger partial charge in [0.25, 0.3) is 0 Å². The molecule has 0 atom stereocenters. The molecule has 0 radical (unpaired) electrons. The average Bonchev–Trinajstić information content (AvgIpc) is 2.68. The Labute approximate surface area is 152 Å². The molecule has 0 bridgehead atoms. The van der Waals surface area contributed by atoms with Crippen molar-refractivity contribution in [3.63, 3.8) is 0 Å². The third kappa shape index (κ3) is 2.19. The van der Waals surface area contributed by atoms with Crippen molar-refractivity contribution in [2.24, 2.45) is 7.05 Å². The van der Waals surface area contributed by atoms with Gasteiger partial charge in [-0.05, 0) is 57.2 Å². The molecule has 0 N–H and O–H groups in total. The summed E-state index contributed by atoms with van der Waals surface area (Å²) in [6.07, 6.45) is 1.97. The second kappa shape index (κ2) is 5.63. The van der Waals surface area contributed by atoms with E-state index in [1.54, 1.807) is 0 Å². The lowest BCUT2D eigenvalue weighted by Gasteiger charge is -2.09. The fourth-order valence-corrected chi connectivity index (χ4v) is 3.89. The van der Waals surface area contributed by atoms with E-state index in [0.29, 0.717) is 0 Å². The molecule has 0 aliphatic rings. The smallest absolute Gasteiger partial charge is 0.226 e. The number of hydrogen-bond acceptors (Lipinski definition) is 1. The fourth-order valence-electron chi connectivity index (χ4n) is 3.89. The van der Waals surface area contributed by atoms with Crippen LogP contribution in [0.1, 0.15) is 5.56 Å². The number of fused-ring (bicyclic) bond motifs is 4. The van der Waals surface area contributed by atoms with Crippen LogP contribution in [0.25, 0.3) is 43.8 Å². The van der Waals surface area contributed by atoms with Crippen molar-refractivity contribution in [1.29, 1.82) is 0 Å². The van der Waals surface area contributed by atoms with Crippen LogP contribution in [0.2, 0.25) is 0 Å². The van der Waals surface area contributed by atoms with Crippen LogP contribution < -0.4 is 4.57 Å². The Balaban J connectivity index is 1.85. The number of aromatic nitrogens is 2. The summed E-state index contributed by atoms with van der Waals surface area (Å²) in [4.78, 5) is 4.79. The number of benzene rings is 4. The average molecular weight is 335 g/mol. The van der Waals surface area contributed by atoms with E-state index in [4.69, 9.17) is 4.98 Å². The number of hydrogen-bond donors (Lipinski definition) is 0. The van der Waals surface area contributed by atoms with Gasteiger partial charge in [-0.3, -0.25) is 0 Å². The van der Waals surface area contributed by atoms with Gasteiger partial charge in [0, 0.05) is 0 Å². The zero-order valence-electron chi connectivity index (χ0n) is 14.9. The molecule has 0 saturated heterocycles. The molecule has 1 heterocycles. The Hall–Kier alpha value is -3.26. The van der Waals surface area contributed by atoms with Gasteiger partial charge in [-0.25, -0.2) is 4.57 Å². The molecule has 0 amide bonds. The summed E-state index contributed by atoms with van der Waals surface area (Å²) in [5.41, 5.74) is 3.61. The highest BCUT2D eigenvalue weighted by Crippen LogP contribution is 2.31. The van der Waals surface area contributed by atoms with Crippen LogP contribution in [0.4, 0.5) is 0 Å². The van der Waals surface area contributed by atoms with Gasteiger partial charge in [0.05, 0.1) is 18.0 Å². The normalized spacial score (nSPS) is 11.5. The predicted octanol–water partition coefficient (Wildman–Crippen LogP) is 5.34. The standard InChI is InChI=1S/C24H19N2/c1-16-13-18-12-11-17-7-3-5-9-20(17)22(18)14-21(16)24-25-15-19-8-4-6-10-23(19)26(24)2/h3-15H,1-2H3/q+1. The van der Waals surface area contributed by atoms with Gasteiger partial charge in [-0.1, -0.05) is 54.6 Å². The number of rotatable bonds is 1. The molecule has 0 fully saturated rings. The molecule has 1 aromatic heterocycles. The summed E-state index contributed by atoms with van der Waals surface area (Å²) in [6.45, 7) is 2.17. The summed E-state index contributed by atoms with van der Waals surface area (Å²) in [6, 6.07) is 25.9. The first-order valence-electron chi connectivity index (χ1n) is 8.88. The van der Waals surface area contributed by atoms with Crippen LogP contribution in [-0.2, 0) is 7.05 Å². The molecular weight excluding hydrogens is 316 g/mol. The van der Waals surface area contributed by atoms with E-state index in [-0.39, 0.29) is 0 Å². The van der Waals surface area contributed by atoms with Crippen LogP contribution in [0.3, 0.4) is 0 Å². The van der Waals surface area contributed by atoms with E-state index in [1.807, 2.05) is 6.20 Å². The molecule has 0 aliphatic heterocycles. The van der Waals surface area contributed by atoms with Crippen LogP contribution in [0, 0.1) is 6.92 Å². The van der Waals surface area contributed by atoms with Crippen molar-refractivity contribution in [2.75, 3.05) is 0 Å². The maximum atomic E-state index is 4.79. The molecule has 26 heavy (non-hydrogen) atoms. The van der Waals surface area contributed by atoms with E-state index in [1.165, 1.54) is 38.2 Å². The summed E-state index contributed by atoms with van der Waals surface area (Å²) in [7, 11) is 2.09. The Morgan fingerprint density at radius 3 is 2.35 bits per heavy atom. The van der Waals surface area contributed by atoms with E-state index in [9.17, 15) is 0 Å². The highest BCUT2D eigenvalue weighted by Gasteiger charge is 2.18. The van der Waals surface area contributed by atoms with Crippen molar-refractivity contribution in [3.8, 4) is 11.4 Å². The predicted molar refractivity (Wildman–Crippen MR) is 108 cm³/mol. The van der Waals surface area contributed by atoms with Crippen LogP contribution in [0.5, 0.6) is 0 Å². The summed E-state index contributed by atoms with van der Waals surface area (Å²) < 4.78 is 2.19. The number of nitrogens with zero attached hydrogens (tertiary/aromatic N) is 2. The maximum absolute atomic E-state index is 4.79. The lowest BCUT2D eigenvalue weighted by atomic mass is 9.96. The minimum absolute atomic E-state index is 0.996. The molecule has 4 aromatic carbocycles. The maximum Gasteiger partial charge on any atom is 0.330 e. The van der Waals surface area contributed by atoms with E-state index in [0.717, 1.165) is 11.2 Å². The molecule has 0 aliphatic carbocycles. The monoisotopic (exact) mass is 335 g/mol. The van der Waals surface area contributed by atoms with Crippen LogP contribution >= 0.6 is 0 Å². The third-order valence-electron chi connectivity index (χ3n) is 5.27. The molecule has 0 unspecified atom stereocenters. The molecule has 2 heteroatoms. The van der Waals surface area contributed by atoms with E-state index >= 15 is 0 Å². The second-order valence-electron chi connectivity index (χ2n) is 6.87. The Morgan fingerprint density at radius 2 is 1.46 bits per heavy atom. The highest BCUT2D eigenvalue weighted by molar-refractivity contribution is 6.08. The molecule has 5 aromatic rings. The molecule has 5 rings (SSSR count). The van der Waals surface area contributed by atoms with Crippen molar-refractivity contribution >= 4 is 32.4 Å². The zero-order valence-corrected chi connectivity index (χ0v) is 14.9. The lowest BCUT2D eigenvalue weighted by molar-refractivity contribution is -0.636. The quantitative estimate of drug-likeness (QED) is 0.298. The van der Waals surface area contributed by atoms with Gasteiger partial charge in [0.1, 0.15) is 5.52 Å². The zero-order chi connectivity index (χ0) is 17.7.